The summed E-state index contributed by atoms with van der Waals surface area (Å²) in [6.45, 7) is 0. The summed E-state index contributed by atoms with van der Waals surface area (Å²) in [5.41, 5.74) is 1.24. The van der Waals surface area contributed by atoms with E-state index in [0.29, 0.717) is 28.4 Å². The Balaban J connectivity index is 1.38. The van der Waals surface area contributed by atoms with Crippen molar-refractivity contribution in [1.82, 2.24) is 20.4 Å². The fourth-order valence-electron chi connectivity index (χ4n) is 2.13. The lowest BCUT2D eigenvalue weighted by Crippen LogP contribution is -1.92. The third kappa shape index (κ3) is 3.89. The zero-order chi connectivity index (χ0) is 17.8. The zero-order valence-corrected chi connectivity index (χ0v) is 14.9. The van der Waals surface area contributed by atoms with E-state index in [1.807, 2.05) is 30.3 Å². The first kappa shape index (κ1) is 16.7. The van der Waals surface area contributed by atoms with Crippen LogP contribution >= 0.6 is 23.1 Å². The van der Waals surface area contributed by atoms with Crippen molar-refractivity contribution in [3.05, 3.63) is 66.3 Å². The molecule has 9 heteroatoms. The van der Waals surface area contributed by atoms with Gasteiger partial charge >= 0.3 is 0 Å². The largest absolute Gasteiger partial charge is 0.420 e. The van der Waals surface area contributed by atoms with Crippen LogP contribution in [0.1, 0.15) is 5.89 Å². The van der Waals surface area contributed by atoms with Crippen molar-refractivity contribution in [3.8, 4) is 11.5 Å². The number of anilines is 2. The van der Waals surface area contributed by atoms with Crippen molar-refractivity contribution in [2.24, 2.45) is 0 Å². The number of halogens is 1. The molecule has 0 atom stereocenters. The van der Waals surface area contributed by atoms with Crippen LogP contribution in [0.4, 0.5) is 15.2 Å². The van der Waals surface area contributed by atoms with E-state index >= 15 is 0 Å². The smallest absolute Gasteiger partial charge is 0.247 e. The Hall–Kier alpha value is -2.78. The van der Waals surface area contributed by atoms with Gasteiger partial charge in [0.05, 0.1) is 11.4 Å². The topological polar surface area (TPSA) is 76.7 Å². The average Bonchev–Trinajstić information content (AvgIpc) is 3.32. The lowest BCUT2D eigenvalue weighted by Gasteiger charge is -2.01. The van der Waals surface area contributed by atoms with Crippen LogP contribution in [0.3, 0.4) is 0 Å². The van der Waals surface area contributed by atoms with Crippen LogP contribution in [0.25, 0.3) is 11.5 Å². The number of para-hydroxylation sites is 1. The Morgan fingerprint density at radius 1 is 0.962 bits per heavy atom. The van der Waals surface area contributed by atoms with Crippen molar-refractivity contribution in [2.75, 3.05) is 5.32 Å². The molecule has 2 aromatic carbocycles. The minimum Gasteiger partial charge on any atom is -0.420 e. The lowest BCUT2D eigenvalue weighted by molar-refractivity contribution is 0.528. The summed E-state index contributed by atoms with van der Waals surface area (Å²) in [4.78, 5) is 0. The average molecular weight is 385 g/mol. The number of thioether (sulfide) groups is 1. The zero-order valence-electron chi connectivity index (χ0n) is 13.3. The van der Waals surface area contributed by atoms with E-state index in [-0.39, 0.29) is 5.82 Å². The number of benzene rings is 2. The van der Waals surface area contributed by atoms with Crippen molar-refractivity contribution < 1.29 is 8.81 Å². The molecule has 0 aliphatic carbocycles. The second kappa shape index (κ2) is 7.63. The monoisotopic (exact) mass is 385 g/mol. The summed E-state index contributed by atoms with van der Waals surface area (Å²) in [5, 5.41) is 19.6. The highest BCUT2D eigenvalue weighted by atomic mass is 32.2. The van der Waals surface area contributed by atoms with Crippen LogP contribution in [0.5, 0.6) is 0 Å². The van der Waals surface area contributed by atoms with E-state index in [1.54, 1.807) is 18.2 Å². The predicted molar refractivity (Wildman–Crippen MR) is 98.9 cm³/mol. The molecule has 0 fully saturated rings. The van der Waals surface area contributed by atoms with Gasteiger partial charge in [0.2, 0.25) is 16.9 Å². The van der Waals surface area contributed by atoms with Gasteiger partial charge in [0, 0.05) is 5.56 Å². The van der Waals surface area contributed by atoms with Gasteiger partial charge in [-0.05, 0) is 24.3 Å². The summed E-state index contributed by atoms with van der Waals surface area (Å²) in [7, 11) is 0. The van der Waals surface area contributed by atoms with E-state index in [9.17, 15) is 4.39 Å². The van der Waals surface area contributed by atoms with Gasteiger partial charge in [-0.2, -0.15) is 0 Å². The van der Waals surface area contributed by atoms with Gasteiger partial charge in [0.15, 0.2) is 4.34 Å². The summed E-state index contributed by atoms with van der Waals surface area (Å²) in [6, 6.07) is 16.0. The fourth-order valence-corrected chi connectivity index (χ4v) is 3.73. The Labute approximate surface area is 156 Å². The molecule has 0 saturated heterocycles. The maximum Gasteiger partial charge on any atom is 0.247 e. The lowest BCUT2D eigenvalue weighted by atomic mass is 10.2. The van der Waals surface area contributed by atoms with Crippen LogP contribution in [0.2, 0.25) is 0 Å². The quantitative estimate of drug-likeness (QED) is 0.479. The molecule has 1 N–H and O–H groups in total. The van der Waals surface area contributed by atoms with E-state index in [4.69, 9.17) is 4.42 Å². The van der Waals surface area contributed by atoms with E-state index in [1.165, 1.54) is 29.2 Å². The van der Waals surface area contributed by atoms with Crippen LogP contribution in [0.15, 0.2) is 63.4 Å². The minimum absolute atomic E-state index is 0.337. The van der Waals surface area contributed by atoms with Crippen LogP contribution in [-0.2, 0) is 5.75 Å². The standard InChI is InChI=1S/C17H12FN5OS2/c18-12-8-4-5-9-13(12)19-16-22-23-17(26-16)25-10-14-20-21-15(24-14)11-6-2-1-3-7-11/h1-9H,10H2,(H,19,22). The molecule has 0 radical (unpaired) electrons. The second-order valence-electron chi connectivity index (χ2n) is 5.13. The first-order valence-electron chi connectivity index (χ1n) is 7.63. The van der Waals surface area contributed by atoms with Crippen LogP contribution < -0.4 is 5.32 Å². The highest BCUT2D eigenvalue weighted by Crippen LogP contribution is 2.30. The number of hydrogen-bond donors (Lipinski definition) is 1. The fraction of sp³-hybridized carbons (Fsp3) is 0.0588. The molecule has 130 valence electrons. The molecule has 4 aromatic rings. The number of rotatable bonds is 6. The van der Waals surface area contributed by atoms with E-state index < -0.39 is 0 Å². The van der Waals surface area contributed by atoms with Gasteiger partial charge in [-0.3, -0.25) is 0 Å². The van der Waals surface area contributed by atoms with Crippen LogP contribution in [-0.4, -0.2) is 20.4 Å². The molecule has 2 aromatic heterocycles. The normalized spacial score (nSPS) is 10.8. The second-order valence-corrected chi connectivity index (χ2v) is 7.33. The first-order chi connectivity index (χ1) is 12.8. The van der Waals surface area contributed by atoms with Crippen LogP contribution in [0, 0.1) is 5.82 Å². The molecule has 0 bridgehead atoms. The Bertz CT molecular complexity index is 1010. The van der Waals surface area contributed by atoms with Crippen molar-refractivity contribution in [1.29, 1.82) is 0 Å². The maximum atomic E-state index is 13.7. The molecule has 6 nitrogen and oxygen atoms in total. The SMILES string of the molecule is Fc1ccccc1Nc1nnc(SCc2nnc(-c3ccccc3)o2)s1. The Morgan fingerprint density at radius 3 is 2.62 bits per heavy atom. The summed E-state index contributed by atoms with van der Waals surface area (Å²) < 4.78 is 20.0. The highest BCUT2D eigenvalue weighted by molar-refractivity contribution is 8.00. The summed E-state index contributed by atoms with van der Waals surface area (Å²) in [6.07, 6.45) is 0. The number of nitrogens with zero attached hydrogens (tertiary/aromatic N) is 4. The summed E-state index contributed by atoms with van der Waals surface area (Å²) >= 11 is 2.76. The first-order valence-corrected chi connectivity index (χ1v) is 9.44. The number of nitrogens with one attached hydrogen (secondary N) is 1. The molecule has 26 heavy (non-hydrogen) atoms. The number of hydrogen-bond acceptors (Lipinski definition) is 8. The van der Waals surface area contributed by atoms with Gasteiger partial charge < -0.3 is 9.73 Å². The van der Waals surface area contributed by atoms with Gasteiger partial charge in [0.1, 0.15) is 5.82 Å². The molecular formula is C17H12FN5OS2. The maximum absolute atomic E-state index is 13.7. The highest BCUT2D eigenvalue weighted by Gasteiger charge is 2.11. The van der Waals surface area contributed by atoms with Gasteiger partial charge in [-0.1, -0.05) is 53.4 Å². The van der Waals surface area contributed by atoms with Gasteiger partial charge in [0.25, 0.3) is 0 Å². The van der Waals surface area contributed by atoms with E-state index in [0.717, 1.165) is 9.90 Å². The third-order valence-electron chi connectivity index (χ3n) is 3.33. The molecule has 0 amide bonds. The molecular weight excluding hydrogens is 373 g/mol. The molecule has 0 unspecified atom stereocenters. The molecule has 0 aliphatic heterocycles. The molecule has 4 rings (SSSR count). The summed E-state index contributed by atoms with van der Waals surface area (Å²) in [5.74, 6) is 1.14. The predicted octanol–water partition coefficient (Wildman–Crippen LogP) is 4.76. The van der Waals surface area contributed by atoms with Gasteiger partial charge in [-0.15, -0.1) is 20.4 Å². The Kier molecular flexibility index (Phi) is 4.89. The molecule has 0 spiro atoms. The Morgan fingerprint density at radius 2 is 1.77 bits per heavy atom. The van der Waals surface area contributed by atoms with Gasteiger partial charge in [-0.25, -0.2) is 4.39 Å². The van der Waals surface area contributed by atoms with Crippen molar-refractivity contribution in [3.63, 3.8) is 0 Å². The van der Waals surface area contributed by atoms with Crippen molar-refractivity contribution >= 4 is 33.9 Å². The molecule has 2 heterocycles. The van der Waals surface area contributed by atoms with E-state index in [2.05, 4.69) is 25.7 Å². The third-order valence-corrected chi connectivity index (χ3v) is 5.29. The minimum atomic E-state index is -0.337. The molecule has 0 saturated carbocycles. The van der Waals surface area contributed by atoms with Crippen molar-refractivity contribution in [2.45, 2.75) is 10.1 Å². The molecule has 0 aliphatic rings. The number of aromatic nitrogens is 4.